The first-order valence-corrected chi connectivity index (χ1v) is 6.33. The minimum atomic E-state index is -0.0201. The standard InChI is InChI=1S/C14H20N2O/c1-10(7-8-15)14(17)16-13-6-5-11-3-2-4-12(11)9-13/h5-6,9-10H,2-4,7-8,15H2,1H3,(H,16,17). The lowest BCUT2D eigenvalue weighted by molar-refractivity contribution is -0.119. The third-order valence-electron chi connectivity index (χ3n) is 3.41. The van der Waals surface area contributed by atoms with Gasteiger partial charge in [0.2, 0.25) is 5.91 Å². The number of amides is 1. The van der Waals surface area contributed by atoms with E-state index in [9.17, 15) is 4.79 Å². The minimum Gasteiger partial charge on any atom is -0.330 e. The number of fused-ring (bicyclic) bond motifs is 1. The molecule has 0 heterocycles. The highest BCUT2D eigenvalue weighted by atomic mass is 16.1. The van der Waals surface area contributed by atoms with E-state index >= 15 is 0 Å². The van der Waals surface area contributed by atoms with E-state index in [1.807, 2.05) is 13.0 Å². The molecule has 0 saturated carbocycles. The Hall–Kier alpha value is -1.35. The van der Waals surface area contributed by atoms with Gasteiger partial charge in [0.25, 0.3) is 0 Å². The van der Waals surface area contributed by atoms with Crippen molar-refractivity contribution in [3.8, 4) is 0 Å². The SMILES string of the molecule is CC(CCN)C(=O)Nc1ccc2c(c1)CCC2. The molecule has 1 unspecified atom stereocenters. The lowest BCUT2D eigenvalue weighted by atomic mass is 10.1. The summed E-state index contributed by atoms with van der Waals surface area (Å²) in [6.07, 6.45) is 4.28. The van der Waals surface area contributed by atoms with Crippen molar-refractivity contribution in [3.05, 3.63) is 29.3 Å². The average Bonchev–Trinajstić information content (AvgIpc) is 2.76. The van der Waals surface area contributed by atoms with Gasteiger partial charge in [-0.25, -0.2) is 0 Å². The van der Waals surface area contributed by atoms with Gasteiger partial charge in [-0.2, -0.15) is 0 Å². The molecule has 0 radical (unpaired) electrons. The number of benzene rings is 1. The largest absolute Gasteiger partial charge is 0.330 e. The molecule has 1 aliphatic rings. The molecule has 1 aliphatic carbocycles. The summed E-state index contributed by atoms with van der Waals surface area (Å²) >= 11 is 0. The number of hydrogen-bond acceptors (Lipinski definition) is 2. The van der Waals surface area contributed by atoms with Crippen molar-refractivity contribution >= 4 is 11.6 Å². The van der Waals surface area contributed by atoms with Crippen LogP contribution in [0.1, 0.15) is 30.9 Å². The third-order valence-corrected chi connectivity index (χ3v) is 3.41. The van der Waals surface area contributed by atoms with Crippen LogP contribution in [0.4, 0.5) is 5.69 Å². The quantitative estimate of drug-likeness (QED) is 0.835. The number of carbonyl (C=O) groups is 1. The lowest BCUT2D eigenvalue weighted by Crippen LogP contribution is -2.22. The van der Waals surface area contributed by atoms with Crippen LogP contribution in [0.3, 0.4) is 0 Å². The van der Waals surface area contributed by atoms with E-state index in [4.69, 9.17) is 5.73 Å². The summed E-state index contributed by atoms with van der Waals surface area (Å²) in [5.74, 6) is 0.0432. The number of hydrogen-bond donors (Lipinski definition) is 2. The third kappa shape index (κ3) is 2.86. The summed E-state index contributed by atoms with van der Waals surface area (Å²) in [7, 11) is 0. The van der Waals surface area contributed by atoms with Gasteiger partial charge in [0.15, 0.2) is 0 Å². The molecule has 1 atom stereocenters. The predicted molar refractivity (Wildman–Crippen MR) is 69.9 cm³/mol. The molecule has 17 heavy (non-hydrogen) atoms. The number of nitrogens with two attached hydrogens (primary N) is 1. The summed E-state index contributed by atoms with van der Waals surface area (Å²) in [4.78, 5) is 11.8. The van der Waals surface area contributed by atoms with Gasteiger partial charge in [-0.05, 0) is 55.5 Å². The van der Waals surface area contributed by atoms with Crippen LogP contribution < -0.4 is 11.1 Å². The van der Waals surface area contributed by atoms with Crippen LogP contribution in [0.25, 0.3) is 0 Å². The topological polar surface area (TPSA) is 55.1 Å². The highest BCUT2D eigenvalue weighted by Crippen LogP contribution is 2.25. The summed E-state index contributed by atoms with van der Waals surface area (Å²) in [6.45, 7) is 2.47. The summed E-state index contributed by atoms with van der Waals surface area (Å²) in [5, 5.41) is 2.96. The van der Waals surface area contributed by atoms with Crippen LogP contribution in [0, 0.1) is 5.92 Å². The lowest BCUT2D eigenvalue weighted by Gasteiger charge is -2.12. The summed E-state index contributed by atoms with van der Waals surface area (Å²) in [6, 6.07) is 6.23. The van der Waals surface area contributed by atoms with E-state index in [1.54, 1.807) is 0 Å². The van der Waals surface area contributed by atoms with Crippen molar-refractivity contribution in [2.75, 3.05) is 11.9 Å². The van der Waals surface area contributed by atoms with Crippen LogP contribution in [0.15, 0.2) is 18.2 Å². The molecule has 0 spiro atoms. The van der Waals surface area contributed by atoms with E-state index in [1.165, 1.54) is 24.0 Å². The van der Waals surface area contributed by atoms with E-state index in [-0.39, 0.29) is 11.8 Å². The first-order valence-electron chi connectivity index (χ1n) is 6.33. The maximum Gasteiger partial charge on any atom is 0.227 e. The predicted octanol–water partition coefficient (Wildman–Crippen LogP) is 2.10. The maximum atomic E-state index is 11.8. The molecule has 1 amide bonds. The highest BCUT2D eigenvalue weighted by Gasteiger charge is 2.14. The van der Waals surface area contributed by atoms with Crippen LogP contribution in [0.2, 0.25) is 0 Å². The van der Waals surface area contributed by atoms with E-state index in [0.717, 1.165) is 18.5 Å². The first-order chi connectivity index (χ1) is 8.20. The highest BCUT2D eigenvalue weighted by molar-refractivity contribution is 5.92. The van der Waals surface area contributed by atoms with Gasteiger partial charge in [0.05, 0.1) is 0 Å². The molecule has 3 nitrogen and oxygen atoms in total. The Morgan fingerprint density at radius 2 is 2.18 bits per heavy atom. The zero-order valence-corrected chi connectivity index (χ0v) is 10.3. The molecular weight excluding hydrogens is 212 g/mol. The van der Waals surface area contributed by atoms with Crippen molar-refractivity contribution in [1.82, 2.24) is 0 Å². The molecule has 3 heteroatoms. The van der Waals surface area contributed by atoms with E-state index in [2.05, 4.69) is 17.4 Å². The van der Waals surface area contributed by atoms with Crippen LogP contribution in [0.5, 0.6) is 0 Å². The van der Waals surface area contributed by atoms with Gasteiger partial charge < -0.3 is 11.1 Å². The number of rotatable bonds is 4. The number of carbonyl (C=O) groups excluding carboxylic acids is 1. The Kier molecular flexibility index (Phi) is 3.79. The number of anilines is 1. The molecule has 92 valence electrons. The molecule has 0 fully saturated rings. The zero-order valence-electron chi connectivity index (χ0n) is 10.3. The van der Waals surface area contributed by atoms with Crippen LogP contribution >= 0.6 is 0 Å². The number of nitrogens with one attached hydrogen (secondary N) is 1. The van der Waals surface area contributed by atoms with Crippen molar-refractivity contribution in [3.63, 3.8) is 0 Å². The average molecular weight is 232 g/mol. The summed E-state index contributed by atoms with van der Waals surface area (Å²) < 4.78 is 0. The minimum absolute atomic E-state index is 0.0201. The second-order valence-corrected chi connectivity index (χ2v) is 4.80. The molecule has 1 aromatic carbocycles. The first kappa shape index (κ1) is 12.1. The molecule has 0 saturated heterocycles. The van der Waals surface area contributed by atoms with Crippen molar-refractivity contribution < 1.29 is 4.79 Å². The molecule has 0 aliphatic heterocycles. The van der Waals surface area contributed by atoms with E-state index < -0.39 is 0 Å². The van der Waals surface area contributed by atoms with Crippen molar-refractivity contribution in [2.45, 2.75) is 32.6 Å². The Labute approximate surface area is 102 Å². The van der Waals surface area contributed by atoms with Crippen molar-refractivity contribution in [1.29, 1.82) is 0 Å². The maximum absolute atomic E-state index is 11.8. The molecule has 0 aromatic heterocycles. The Morgan fingerprint density at radius 1 is 1.41 bits per heavy atom. The molecule has 1 aromatic rings. The normalized spacial score (nSPS) is 15.4. The van der Waals surface area contributed by atoms with E-state index in [0.29, 0.717) is 6.54 Å². The molecule has 3 N–H and O–H groups in total. The number of aryl methyl sites for hydroxylation is 2. The fourth-order valence-corrected chi connectivity index (χ4v) is 2.30. The monoisotopic (exact) mass is 232 g/mol. The van der Waals surface area contributed by atoms with Gasteiger partial charge in [-0.15, -0.1) is 0 Å². The van der Waals surface area contributed by atoms with Gasteiger partial charge in [0.1, 0.15) is 0 Å². The molecule has 0 bridgehead atoms. The van der Waals surface area contributed by atoms with Gasteiger partial charge in [0, 0.05) is 11.6 Å². The molecular formula is C14H20N2O. The van der Waals surface area contributed by atoms with Gasteiger partial charge >= 0.3 is 0 Å². The fraction of sp³-hybridized carbons (Fsp3) is 0.500. The summed E-state index contributed by atoms with van der Waals surface area (Å²) in [5.41, 5.74) is 9.18. The van der Waals surface area contributed by atoms with Crippen LogP contribution in [-0.2, 0) is 17.6 Å². The Balaban J connectivity index is 2.01. The fourth-order valence-electron chi connectivity index (χ4n) is 2.30. The zero-order chi connectivity index (χ0) is 12.3. The van der Waals surface area contributed by atoms with Gasteiger partial charge in [-0.3, -0.25) is 4.79 Å². The van der Waals surface area contributed by atoms with Crippen molar-refractivity contribution in [2.24, 2.45) is 11.7 Å². The Morgan fingerprint density at radius 3 is 2.94 bits per heavy atom. The smallest absolute Gasteiger partial charge is 0.227 e. The second-order valence-electron chi connectivity index (χ2n) is 4.80. The van der Waals surface area contributed by atoms with Crippen LogP contribution in [-0.4, -0.2) is 12.5 Å². The second kappa shape index (κ2) is 5.32. The Bertz CT molecular complexity index is 415. The molecule has 2 rings (SSSR count). The van der Waals surface area contributed by atoms with Gasteiger partial charge in [-0.1, -0.05) is 13.0 Å².